The van der Waals surface area contributed by atoms with Gasteiger partial charge in [-0.2, -0.15) is 0 Å². The van der Waals surface area contributed by atoms with Crippen LogP contribution in [0.2, 0.25) is 0 Å². The minimum absolute atomic E-state index is 0.0208. The van der Waals surface area contributed by atoms with Crippen molar-refractivity contribution in [2.45, 2.75) is 31.1 Å². The number of carbonyl (C=O) groups is 1. The Morgan fingerprint density at radius 3 is 2.75 bits per heavy atom. The molecule has 1 aliphatic rings. The van der Waals surface area contributed by atoms with E-state index in [0.717, 1.165) is 6.42 Å². The van der Waals surface area contributed by atoms with Gasteiger partial charge in [-0.05, 0) is 38.0 Å². The number of nitrogens with zero attached hydrogens (tertiary/aromatic N) is 1. The molecule has 1 saturated heterocycles. The van der Waals surface area contributed by atoms with E-state index in [-0.39, 0.29) is 10.8 Å². The summed E-state index contributed by atoms with van der Waals surface area (Å²) in [4.78, 5) is 13.7. The second-order valence-electron chi connectivity index (χ2n) is 5.43. The Balaban J connectivity index is 2.16. The molecule has 0 unspecified atom stereocenters. The Morgan fingerprint density at radius 1 is 1.33 bits per heavy atom. The lowest BCUT2D eigenvalue weighted by molar-refractivity contribution is -0.117. The number of hydrogen-bond donors (Lipinski definition) is 1. The number of ether oxygens (including phenoxy) is 2. The third kappa shape index (κ3) is 4.46. The molecule has 1 aromatic rings. The molecule has 0 radical (unpaired) electrons. The fraction of sp³-hybridized carbons (Fsp3) is 0.562. The van der Waals surface area contributed by atoms with Gasteiger partial charge in [0.05, 0.1) is 17.7 Å². The summed E-state index contributed by atoms with van der Waals surface area (Å²) in [5.74, 6) is 0.466. The molecule has 0 spiro atoms. The van der Waals surface area contributed by atoms with Crippen LogP contribution in [-0.2, 0) is 19.6 Å². The number of nitrogens with one attached hydrogen (secondary N) is 1. The van der Waals surface area contributed by atoms with Crippen molar-refractivity contribution < 1.29 is 22.7 Å². The van der Waals surface area contributed by atoms with Gasteiger partial charge in [0.25, 0.3) is 0 Å². The first-order valence-corrected chi connectivity index (χ1v) is 9.53. The Morgan fingerprint density at radius 2 is 2.12 bits per heavy atom. The zero-order chi connectivity index (χ0) is 17.6. The highest BCUT2D eigenvalue weighted by molar-refractivity contribution is 7.89. The van der Waals surface area contributed by atoms with Crippen LogP contribution in [-0.4, -0.2) is 47.7 Å². The quantitative estimate of drug-likeness (QED) is 0.678. The molecule has 8 heteroatoms. The van der Waals surface area contributed by atoms with Crippen molar-refractivity contribution in [2.24, 2.45) is 0 Å². The van der Waals surface area contributed by atoms with E-state index in [2.05, 4.69) is 4.72 Å². The number of carbonyl (C=O) groups excluding carboxylic acids is 1. The molecule has 2 rings (SSSR count). The first-order valence-electron chi connectivity index (χ1n) is 8.05. The SMILES string of the molecule is CCOCCCNS(=O)(=O)c1ccc(OC)c(N2CCCC2=O)c1. The van der Waals surface area contributed by atoms with Gasteiger partial charge in [-0.1, -0.05) is 0 Å². The van der Waals surface area contributed by atoms with Gasteiger partial charge in [-0.15, -0.1) is 0 Å². The fourth-order valence-electron chi connectivity index (χ4n) is 2.56. The van der Waals surface area contributed by atoms with E-state index in [4.69, 9.17) is 9.47 Å². The van der Waals surface area contributed by atoms with Gasteiger partial charge in [-0.25, -0.2) is 13.1 Å². The number of sulfonamides is 1. The van der Waals surface area contributed by atoms with Crippen molar-refractivity contribution in [1.82, 2.24) is 4.72 Å². The first-order chi connectivity index (χ1) is 11.5. The maximum Gasteiger partial charge on any atom is 0.240 e. The number of hydrogen-bond acceptors (Lipinski definition) is 5. The van der Waals surface area contributed by atoms with E-state index in [9.17, 15) is 13.2 Å². The van der Waals surface area contributed by atoms with E-state index in [1.54, 1.807) is 11.0 Å². The van der Waals surface area contributed by atoms with Gasteiger partial charge in [0.1, 0.15) is 5.75 Å². The van der Waals surface area contributed by atoms with Crippen molar-refractivity contribution >= 4 is 21.6 Å². The average Bonchev–Trinajstić information content (AvgIpc) is 3.00. The Hall–Kier alpha value is -1.64. The lowest BCUT2D eigenvalue weighted by atomic mass is 10.2. The summed E-state index contributed by atoms with van der Waals surface area (Å²) in [7, 11) is -2.14. The highest BCUT2D eigenvalue weighted by Gasteiger charge is 2.26. The van der Waals surface area contributed by atoms with E-state index >= 15 is 0 Å². The smallest absolute Gasteiger partial charge is 0.240 e. The van der Waals surface area contributed by atoms with Gasteiger partial charge in [0.15, 0.2) is 0 Å². The monoisotopic (exact) mass is 356 g/mol. The molecule has 0 bridgehead atoms. The summed E-state index contributed by atoms with van der Waals surface area (Å²) in [5.41, 5.74) is 0.497. The standard InChI is InChI=1S/C16H24N2O5S/c1-3-23-11-5-9-17-24(20,21)13-7-8-15(22-2)14(12-13)18-10-4-6-16(18)19/h7-8,12,17H,3-6,9-11H2,1-2H3. The molecule has 1 aliphatic heterocycles. The maximum atomic E-state index is 12.4. The fourth-order valence-corrected chi connectivity index (χ4v) is 3.65. The number of anilines is 1. The lowest BCUT2D eigenvalue weighted by Gasteiger charge is -2.20. The van der Waals surface area contributed by atoms with Gasteiger partial charge in [0.2, 0.25) is 15.9 Å². The van der Waals surface area contributed by atoms with E-state index < -0.39 is 10.0 Å². The van der Waals surface area contributed by atoms with E-state index in [0.29, 0.717) is 50.6 Å². The van der Waals surface area contributed by atoms with Gasteiger partial charge >= 0.3 is 0 Å². The van der Waals surface area contributed by atoms with Crippen LogP contribution in [0.3, 0.4) is 0 Å². The molecule has 1 aromatic carbocycles. The Kier molecular flexibility index (Phi) is 6.59. The number of benzene rings is 1. The number of amides is 1. The average molecular weight is 356 g/mol. The largest absolute Gasteiger partial charge is 0.495 e. The van der Waals surface area contributed by atoms with Crippen molar-refractivity contribution in [3.8, 4) is 5.75 Å². The molecule has 1 N–H and O–H groups in total. The van der Waals surface area contributed by atoms with Gasteiger partial charge in [-0.3, -0.25) is 4.79 Å². The molecule has 0 saturated carbocycles. The number of methoxy groups -OCH3 is 1. The summed E-state index contributed by atoms with van der Waals surface area (Å²) in [6.45, 7) is 3.88. The second-order valence-corrected chi connectivity index (χ2v) is 7.20. The van der Waals surface area contributed by atoms with Crippen LogP contribution in [0.4, 0.5) is 5.69 Å². The van der Waals surface area contributed by atoms with Crippen LogP contribution < -0.4 is 14.4 Å². The highest BCUT2D eigenvalue weighted by Crippen LogP contribution is 2.33. The van der Waals surface area contributed by atoms with E-state index in [1.165, 1.54) is 19.2 Å². The molecule has 134 valence electrons. The highest BCUT2D eigenvalue weighted by atomic mass is 32.2. The van der Waals surface area contributed by atoms with Crippen molar-refractivity contribution in [2.75, 3.05) is 38.3 Å². The van der Waals surface area contributed by atoms with E-state index in [1.807, 2.05) is 6.92 Å². The molecular formula is C16H24N2O5S. The van der Waals surface area contributed by atoms with Crippen LogP contribution in [0.25, 0.3) is 0 Å². The maximum absolute atomic E-state index is 12.4. The summed E-state index contributed by atoms with van der Waals surface area (Å²) in [6, 6.07) is 4.55. The molecule has 0 aliphatic carbocycles. The number of rotatable bonds is 9. The molecule has 1 amide bonds. The normalized spacial score (nSPS) is 15.1. The van der Waals surface area contributed by atoms with Crippen molar-refractivity contribution in [3.63, 3.8) is 0 Å². The summed E-state index contributed by atoms with van der Waals surface area (Å²) < 4.78 is 37.8. The lowest BCUT2D eigenvalue weighted by Crippen LogP contribution is -2.27. The third-order valence-corrected chi connectivity index (χ3v) is 5.25. The molecule has 0 aromatic heterocycles. The predicted octanol–water partition coefficient (Wildman–Crippen LogP) is 1.53. The van der Waals surface area contributed by atoms with Gasteiger partial charge in [0, 0.05) is 32.7 Å². The van der Waals surface area contributed by atoms with Crippen LogP contribution >= 0.6 is 0 Å². The summed E-state index contributed by atoms with van der Waals surface area (Å²) in [6.07, 6.45) is 1.82. The minimum Gasteiger partial charge on any atom is -0.495 e. The topological polar surface area (TPSA) is 84.9 Å². The molecule has 24 heavy (non-hydrogen) atoms. The Labute approximate surface area is 143 Å². The minimum atomic E-state index is -3.64. The van der Waals surface area contributed by atoms with Crippen molar-refractivity contribution in [3.05, 3.63) is 18.2 Å². The van der Waals surface area contributed by atoms with Crippen LogP contribution in [0.15, 0.2) is 23.1 Å². The van der Waals surface area contributed by atoms with Crippen molar-refractivity contribution in [1.29, 1.82) is 0 Å². The Bertz CT molecular complexity index is 675. The van der Waals surface area contributed by atoms with Crippen LogP contribution in [0.5, 0.6) is 5.75 Å². The molecule has 1 heterocycles. The third-order valence-electron chi connectivity index (χ3n) is 3.79. The van der Waals surface area contributed by atoms with Crippen LogP contribution in [0, 0.1) is 0 Å². The molecule has 7 nitrogen and oxygen atoms in total. The summed E-state index contributed by atoms with van der Waals surface area (Å²) >= 11 is 0. The predicted molar refractivity (Wildman–Crippen MR) is 90.9 cm³/mol. The molecule has 0 atom stereocenters. The van der Waals surface area contributed by atoms with Gasteiger partial charge < -0.3 is 14.4 Å². The second kappa shape index (κ2) is 8.46. The first kappa shape index (κ1) is 18.7. The zero-order valence-electron chi connectivity index (χ0n) is 14.1. The molecular weight excluding hydrogens is 332 g/mol. The zero-order valence-corrected chi connectivity index (χ0v) is 14.9. The molecule has 1 fully saturated rings. The van der Waals surface area contributed by atoms with Crippen LogP contribution in [0.1, 0.15) is 26.2 Å². The summed E-state index contributed by atoms with van der Waals surface area (Å²) in [5, 5.41) is 0.